The summed E-state index contributed by atoms with van der Waals surface area (Å²) in [6.07, 6.45) is 5.92. The zero-order chi connectivity index (χ0) is 18.1. The molecule has 0 N–H and O–H groups in total. The van der Waals surface area contributed by atoms with E-state index in [9.17, 15) is 0 Å². The lowest BCUT2D eigenvalue weighted by atomic mass is 10.1. The van der Waals surface area contributed by atoms with E-state index in [2.05, 4.69) is 54.0 Å². The third-order valence-electron chi connectivity index (χ3n) is 5.05. The molecule has 0 saturated carbocycles. The van der Waals surface area contributed by atoms with E-state index in [1.54, 1.807) is 0 Å². The van der Waals surface area contributed by atoms with Gasteiger partial charge in [0.1, 0.15) is 0 Å². The molecule has 0 spiro atoms. The molecule has 25 heavy (non-hydrogen) atoms. The van der Waals surface area contributed by atoms with Crippen LogP contribution in [0, 0.1) is 27.7 Å². The first kappa shape index (κ1) is 17.5. The van der Waals surface area contributed by atoms with Gasteiger partial charge in [-0.2, -0.15) is 10.2 Å². The van der Waals surface area contributed by atoms with Gasteiger partial charge in [0.2, 0.25) is 0 Å². The van der Waals surface area contributed by atoms with E-state index >= 15 is 0 Å². The van der Waals surface area contributed by atoms with Crippen LogP contribution in [-0.2, 0) is 26.6 Å². The molecule has 3 aromatic rings. The molecule has 0 unspecified atom stereocenters. The zero-order valence-electron chi connectivity index (χ0n) is 16.2. The Kier molecular flexibility index (Phi) is 4.79. The first-order chi connectivity index (χ1) is 11.9. The third kappa shape index (κ3) is 3.13. The molecular formula is C19H28N6. The van der Waals surface area contributed by atoms with Gasteiger partial charge in [-0.1, -0.05) is 6.92 Å². The second-order valence-corrected chi connectivity index (χ2v) is 6.76. The van der Waals surface area contributed by atoms with Crippen LogP contribution in [-0.4, -0.2) is 29.1 Å². The SMILES string of the molecule is CCCn1nc(C)c(-c2cncn2CCc2c(C)nn(C)c2C)c1C. The molecule has 6 nitrogen and oxygen atoms in total. The lowest BCUT2D eigenvalue weighted by Gasteiger charge is -2.10. The molecule has 6 heteroatoms. The molecule has 0 fully saturated rings. The standard InChI is InChI=1S/C19H28N6/c1-7-9-25-16(5)19(14(3)22-25)18-11-20-12-24(18)10-8-17-13(2)21-23(6)15(17)4/h11-12H,7-10H2,1-6H3. The van der Waals surface area contributed by atoms with Crippen molar-refractivity contribution in [2.45, 2.75) is 60.5 Å². The topological polar surface area (TPSA) is 53.5 Å². The molecule has 0 aliphatic heterocycles. The summed E-state index contributed by atoms with van der Waals surface area (Å²) in [6, 6.07) is 0. The van der Waals surface area contributed by atoms with Crippen LogP contribution in [0.3, 0.4) is 0 Å². The van der Waals surface area contributed by atoms with Gasteiger partial charge in [0.25, 0.3) is 0 Å². The predicted octanol–water partition coefficient (Wildman–Crippen LogP) is 3.37. The number of imidazole rings is 1. The van der Waals surface area contributed by atoms with Crippen molar-refractivity contribution in [3.63, 3.8) is 0 Å². The monoisotopic (exact) mass is 340 g/mol. The van der Waals surface area contributed by atoms with Crippen molar-refractivity contribution < 1.29 is 0 Å². The van der Waals surface area contributed by atoms with Gasteiger partial charge < -0.3 is 4.57 Å². The Morgan fingerprint density at radius 3 is 2.36 bits per heavy atom. The van der Waals surface area contributed by atoms with Gasteiger partial charge in [-0.25, -0.2) is 4.98 Å². The minimum atomic E-state index is 0.889. The molecule has 0 aliphatic carbocycles. The molecule has 0 bridgehead atoms. The van der Waals surface area contributed by atoms with Crippen LogP contribution < -0.4 is 0 Å². The summed E-state index contributed by atoms with van der Waals surface area (Å²) >= 11 is 0. The molecular weight excluding hydrogens is 312 g/mol. The van der Waals surface area contributed by atoms with E-state index in [1.165, 1.54) is 22.5 Å². The minimum absolute atomic E-state index is 0.889. The molecule has 0 radical (unpaired) electrons. The summed E-state index contributed by atoms with van der Waals surface area (Å²) in [4.78, 5) is 4.40. The van der Waals surface area contributed by atoms with E-state index in [0.29, 0.717) is 0 Å². The molecule has 3 aromatic heterocycles. The van der Waals surface area contributed by atoms with Crippen molar-refractivity contribution in [1.29, 1.82) is 0 Å². The number of hydrogen-bond donors (Lipinski definition) is 0. The average molecular weight is 340 g/mol. The maximum absolute atomic E-state index is 4.71. The Morgan fingerprint density at radius 2 is 1.72 bits per heavy atom. The van der Waals surface area contributed by atoms with Crippen LogP contribution in [0.5, 0.6) is 0 Å². The molecule has 0 saturated heterocycles. The zero-order valence-corrected chi connectivity index (χ0v) is 16.2. The molecule has 0 atom stereocenters. The fourth-order valence-corrected chi connectivity index (χ4v) is 3.62. The van der Waals surface area contributed by atoms with Crippen LogP contribution in [0.25, 0.3) is 11.3 Å². The van der Waals surface area contributed by atoms with Crippen LogP contribution in [0.2, 0.25) is 0 Å². The Hall–Kier alpha value is -2.37. The quantitative estimate of drug-likeness (QED) is 0.691. The maximum atomic E-state index is 4.71. The lowest BCUT2D eigenvalue weighted by molar-refractivity contribution is 0.583. The minimum Gasteiger partial charge on any atom is -0.330 e. The number of rotatable bonds is 6. The smallest absolute Gasteiger partial charge is 0.0951 e. The lowest BCUT2D eigenvalue weighted by Crippen LogP contribution is -2.05. The van der Waals surface area contributed by atoms with Crippen LogP contribution in [0.15, 0.2) is 12.5 Å². The van der Waals surface area contributed by atoms with Crippen LogP contribution in [0.1, 0.15) is 41.7 Å². The van der Waals surface area contributed by atoms with E-state index < -0.39 is 0 Å². The van der Waals surface area contributed by atoms with Gasteiger partial charge in [0, 0.05) is 37.1 Å². The molecule has 0 amide bonds. The van der Waals surface area contributed by atoms with Crippen molar-refractivity contribution in [3.05, 3.63) is 40.9 Å². The van der Waals surface area contributed by atoms with Crippen molar-refractivity contribution in [3.8, 4) is 11.3 Å². The van der Waals surface area contributed by atoms with Crippen molar-refractivity contribution >= 4 is 0 Å². The fourth-order valence-electron chi connectivity index (χ4n) is 3.62. The third-order valence-corrected chi connectivity index (χ3v) is 5.05. The van der Waals surface area contributed by atoms with Gasteiger partial charge in [-0.15, -0.1) is 0 Å². The average Bonchev–Trinajstić information content (AvgIpc) is 3.18. The summed E-state index contributed by atoms with van der Waals surface area (Å²) in [7, 11) is 2.00. The number of nitrogens with zero attached hydrogens (tertiary/aromatic N) is 6. The van der Waals surface area contributed by atoms with Crippen LogP contribution in [0.4, 0.5) is 0 Å². The van der Waals surface area contributed by atoms with Crippen LogP contribution >= 0.6 is 0 Å². The summed E-state index contributed by atoms with van der Waals surface area (Å²) in [6.45, 7) is 12.5. The first-order valence-electron chi connectivity index (χ1n) is 8.97. The first-order valence-corrected chi connectivity index (χ1v) is 8.97. The molecule has 0 aromatic carbocycles. The molecule has 3 heterocycles. The molecule has 134 valence electrons. The highest BCUT2D eigenvalue weighted by molar-refractivity contribution is 5.64. The normalized spacial score (nSPS) is 11.4. The highest BCUT2D eigenvalue weighted by Gasteiger charge is 2.17. The number of aromatic nitrogens is 6. The Morgan fingerprint density at radius 1 is 0.960 bits per heavy atom. The highest BCUT2D eigenvalue weighted by Crippen LogP contribution is 2.27. The van der Waals surface area contributed by atoms with E-state index in [-0.39, 0.29) is 0 Å². The van der Waals surface area contributed by atoms with E-state index in [1.807, 2.05) is 24.3 Å². The summed E-state index contributed by atoms with van der Waals surface area (Å²) in [5.74, 6) is 0. The van der Waals surface area contributed by atoms with E-state index in [0.717, 1.165) is 43.0 Å². The predicted molar refractivity (Wildman–Crippen MR) is 99.6 cm³/mol. The highest BCUT2D eigenvalue weighted by atomic mass is 15.3. The Balaban J connectivity index is 1.89. The maximum Gasteiger partial charge on any atom is 0.0951 e. The summed E-state index contributed by atoms with van der Waals surface area (Å²) < 4.78 is 6.30. The van der Waals surface area contributed by atoms with Gasteiger partial charge in [-0.3, -0.25) is 9.36 Å². The van der Waals surface area contributed by atoms with E-state index in [4.69, 9.17) is 5.10 Å². The summed E-state index contributed by atoms with van der Waals surface area (Å²) in [5, 5.41) is 9.23. The molecule has 0 aliphatic rings. The second-order valence-electron chi connectivity index (χ2n) is 6.76. The fraction of sp³-hybridized carbons (Fsp3) is 0.526. The Labute approximate surface area is 149 Å². The number of hydrogen-bond acceptors (Lipinski definition) is 3. The van der Waals surface area contributed by atoms with Gasteiger partial charge in [0.15, 0.2) is 0 Å². The van der Waals surface area contributed by atoms with Gasteiger partial charge in [0.05, 0.1) is 29.6 Å². The Bertz CT molecular complexity index is 880. The summed E-state index contributed by atoms with van der Waals surface area (Å²) in [5.41, 5.74) is 8.34. The van der Waals surface area contributed by atoms with Gasteiger partial charge in [-0.05, 0) is 46.1 Å². The second kappa shape index (κ2) is 6.86. The number of aryl methyl sites for hydroxylation is 5. The van der Waals surface area contributed by atoms with Crippen molar-refractivity contribution in [2.75, 3.05) is 0 Å². The largest absolute Gasteiger partial charge is 0.330 e. The van der Waals surface area contributed by atoms with Gasteiger partial charge >= 0.3 is 0 Å². The van der Waals surface area contributed by atoms with Crippen molar-refractivity contribution in [2.24, 2.45) is 7.05 Å². The van der Waals surface area contributed by atoms with Crippen molar-refractivity contribution in [1.82, 2.24) is 29.1 Å². The molecule has 3 rings (SSSR count).